The Balaban J connectivity index is 2.11. The van der Waals surface area contributed by atoms with E-state index < -0.39 is 4.32 Å². The average Bonchev–Trinajstić information content (AvgIpc) is 2.37. The topological polar surface area (TPSA) is 47.6 Å². The smallest absolute Gasteiger partial charge is 0.236 e. The molecule has 0 aliphatic carbocycles. The number of carbonyl (C=O) groups excluding carboxylic acids is 1. The molecule has 1 atom stereocenters. The number of hydrogen-bond acceptors (Lipinski definition) is 3. The second kappa shape index (κ2) is 5.41. The molecule has 1 heterocycles. The van der Waals surface area contributed by atoms with Crippen LogP contribution in [0, 0.1) is 0 Å². The van der Waals surface area contributed by atoms with Gasteiger partial charge in [-0.2, -0.15) is 0 Å². The molecule has 0 saturated heterocycles. The Labute approximate surface area is 121 Å². The van der Waals surface area contributed by atoms with E-state index in [0.717, 1.165) is 17.1 Å². The number of amides is 1. The van der Waals surface area contributed by atoms with Crippen molar-refractivity contribution in [2.45, 2.75) is 31.1 Å². The first kappa shape index (κ1) is 14.2. The minimum atomic E-state index is -0.574. The number of fused-ring (bicyclic) bond motifs is 1. The van der Waals surface area contributed by atoms with E-state index in [4.69, 9.17) is 9.47 Å². The Morgan fingerprint density at radius 2 is 1.95 bits per heavy atom. The Morgan fingerprint density at radius 1 is 1.32 bits per heavy atom. The first-order chi connectivity index (χ1) is 8.88. The third-order valence-corrected chi connectivity index (χ3v) is 3.31. The molecule has 0 radical (unpaired) electrons. The van der Waals surface area contributed by atoms with Gasteiger partial charge in [0.2, 0.25) is 5.91 Å². The predicted molar refractivity (Wildman–Crippen MR) is 77.0 cm³/mol. The summed E-state index contributed by atoms with van der Waals surface area (Å²) in [6.07, 6.45) is 0. The van der Waals surface area contributed by atoms with Crippen molar-refractivity contribution in [3.63, 3.8) is 0 Å². The number of rotatable bonds is 3. The highest BCUT2D eigenvalue weighted by Gasteiger charge is 2.25. The van der Waals surface area contributed by atoms with E-state index in [9.17, 15) is 4.79 Å². The van der Waals surface area contributed by atoms with Crippen molar-refractivity contribution in [1.82, 2.24) is 5.32 Å². The van der Waals surface area contributed by atoms with Crippen LogP contribution in [-0.2, 0) is 4.79 Å². The van der Waals surface area contributed by atoms with Crippen molar-refractivity contribution in [3.05, 3.63) is 23.8 Å². The number of halogens is 1. The summed E-state index contributed by atoms with van der Waals surface area (Å²) in [4.78, 5) is 11.9. The number of hydrogen-bond donors (Lipinski definition) is 1. The van der Waals surface area contributed by atoms with Gasteiger partial charge in [-0.1, -0.05) is 22.0 Å². The lowest BCUT2D eigenvalue weighted by molar-refractivity contribution is -0.123. The maximum absolute atomic E-state index is 11.9. The van der Waals surface area contributed by atoms with Crippen molar-refractivity contribution < 1.29 is 14.3 Å². The van der Waals surface area contributed by atoms with Crippen molar-refractivity contribution in [2.75, 3.05) is 13.2 Å². The van der Waals surface area contributed by atoms with Gasteiger partial charge < -0.3 is 14.8 Å². The molecule has 1 unspecified atom stereocenters. The van der Waals surface area contributed by atoms with Crippen LogP contribution in [0.2, 0.25) is 0 Å². The Bertz CT molecular complexity index is 482. The molecular formula is C14H18BrNO3. The Morgan fingerprint density at radius 3 is 2.58 bits per heavy atom. The molecule has 0 spiro atoms. The van der Waals surface area contributed by atoms with Gasteiger partial charge in [0.25, 0.3) is 0 Å². The highest BCUT2D eigenvalue weighted by Crippen LogP contribution is 2.32. The first-order valence-electron chi connectivity index (χ1n) is 6.27. The number of ether oxygens (including phenoxy) is 2. The van der Waals surface area contributed by atoms with Crippen LogP contribution in [0.5, 0.6) is 11.5 Å². The molecule has 4 nitrogen and oxygen atoms in total. The van der Waals surface area contributed by atoms with Gasteiger partial charge in [-0.3, -0.25) is 4.79 Å². The number of benzene rings is 1. The zero-order valence-corrected chi connectivity index (χ0v) is 12.9. The largest absolute Gasteiger partial charge is 0.486 e. The summed E-state index contributed by atoms with van der Waals surface area (Å²) in [5.41, 5.74) is 0.995. The highest BCUT2D eigenvalue weighted by molar-refractivity contribution is 9.10. The van der Waals surface area contributed by atoms with Crippen LogP contribution in [0.25, 0.3) is 0 Å². The average molecular weight is 328 g/mol. The van der Waals surface area contributed by atoms with Gasteiger partial charge in [0.05, 0.1) is 10.4 Å². The van der Waals surface area contributed by atoms with Crippen LogP contribution in [0.3, 0.4) is 0 Å². The van der Waals surface area contributed by atoms with Crippen LogP contribution in [0.4, 0.5) is 0 Å². The van der Waals surface area contributed by atoms with Crippen LogP contribution >= 0.6 is 15.9 Å². The monoisotopic (exact) mass is 327 g/mol. The number of nitrogens with one attached hydrogen (secondary N) is 1. The maximum atomic E-state index is 11.9. The molecule has 1 N–H and O–H groups in total. The van der Waals surface area contributed by atoms with E-state index in [1.165, 1.54) is 0 Å². The lowest BCUT2D eigenvalue weighted by Gasteiger charge is -2.23. The van der Waals surface area contributed by atoms with Crippen molar-refractivity contribution >= 4 is 21.8 Å². The molecule has 0 bridgehead atoms. The van der Waals surface area contributed by atoms with E-state index in [1.54, 1.807) is 0 Å². The van der Waals surface area contributed by atoms with Gasteiger partial charge >= 0.3 is 0 Å². The van der Waals surface area contributed by atoms with Gasteiger partial charge in [-0.15, -0.1) is 0 Å². The third kappa shape index (κ3) is 3.41. The molecule has 1 aliphatic rings. The normalized spacial score (nSPS) is 15.8. The van der Waals surface area contributed by atoms with Gasteiger partial charge in [0.15, 0.2) is 11.5 Å². The van der Waals surface area contributed by atoms with E-state index in [0.29, 0.717) is 13.2 Å². The van der Waals surface area contributed by atoms with Gasteiger partial charge in [0, 0.05) is 0 Å². The first-order valence-corrected chi connectivity index (χ1v) is 7.06. The second-order valence-electron chi connectivity index (χ2n) is 5.07. The second-order valence-corrected chi connectivity index (χ2v) is 7.05. The van der Waals surface area contributed by atoms with Crippen LogP contribution < -0.4 is 14.8 Å². The fourth-order valence-electron chi connectivity index (χ4n) is 1.78. The summed E-state index contributed by atoms with van der Waals surface area (Å²) >= 11 is 3.35. The Kier molecular flexibility index (Phi) is 4.04. The fourth-order valence-corrected chi connectivity index (χ4v) is 1.90. The lowest BCUT2D eigenvalue weighted by Crippen LogP contribution is -2.38. The zero-order valence-electron chi connectivity index (χ0n) is 11.3. The van der Waals surface area contributed by atoms with E-state index in [1.807, 2.05) is 39.0 Å². The standard InChI is InChI=1S/C14H18BrNO3/c1-9(16-13(17)14(2,3)15)10-4-5-11-12(8-10)19-7-6-18-11/h4-5,8-9H,6-7H2,1-3H3,(H,16,17). The maximum Gasteiger partial charge on any atom is 0.236 e. The summed E-state index contributed by atoms with van der Waals surface area (Å²) in [7, 11) is 0. The molecule has 0 fully saturated rings. The molecule has 1 aromatic rings. The van der Waals surface area contributed by atoms with Gasteiger partial charge in [0.1, 0.15) is 13.2 Å². The molecular weight excluding hydrogens is 310 g/mol. The molecule has 1 amide bonds. The molecule has 1 aliphatic heterocycles. The molecule has 2 rings (SSSR count). The minimum Gasteiger partial charge on any atom is -0.486 e. The fraction of sp³-hybridized carbons (Fsp3) is 0.500. The molecule has 5 heteroatoms. The van der Waals surface area contributed by atoms with E-state index >= 15 is 0 Å². The van der Waals surface area contributed by atoms with Crippen molar-refractivity contribution in [3.8, 4) is 11.5 Å². The zero-order chi connectivity index (χ0) is 14.0. The predicted octanol–water partition coefficient (Wildman–Crippen LogP) is 2.81. The van der Waals surface area contributed by atoms with Gasteiger partial charge in [-0.05, 0) is 38.5 Å². The summed E-state index contributed by atoms with van der Waals surface area (Å²) in [6, 6.07) is 5.66. The molecule has 104 valence electrons. The quantitative estimate of drug-likeness (QED) is 0.868. The summed E-state index contributed by atoms with van der Waals surface area (Å²) in [5, 5.41) is 2.96. The molecule has 1 aromatic carbocycles. The molecule has 0 aromatic heterocycles. The summed E-state index contributed by atoms with van der Waals surface area (Å²) in [5.74, 6) is 1.45. The van der Waals surface area contributed by atoms with Crippen LogP contribution in [0.1, 0.15) is 32.4 Å². The number of carbonyl (C=O) groups is 1. The summed E-state index contributed by atoms with van der Waals surface area (Å²) in [6.45, 7) is 6.72. The SMILES string of the molecule is CC(NC(=O)C(C)(C)Br)c1ccc2c(c1)OCCO2. The van der Waals surface area contributed by atoms with E-state index in [-0.39, 0.29) is 11.9 Å². The van der Waals surface area contributed by atoms with Crippen molar-refractivity contribution in [1.29, 1.82) is 0 Å². The van der Waals surface area contributed by atoms with E-state index in [2.05, 4.69) is 21.2 Å². The Hall–Kier alpha value is -1.23. The molecule has 0 saturated carbocycles. The summed E-state index contributed by atoms with van der Waals surface area (Å²) < 4.78 is 10.4. The highest BCUT2D eigenvalue weighted by atomic mass is 79.9. The molecule has 19 heavy (non-hydrogen) atoms. The van der Waals surface area contributed by atoms with Crippen molar-refractivity contribution in [2.24, 2.45) is 0 Å². The van der Waals surface area contributed by atoms with Gasteiger partial charge in [-0.25, -0.2) is 0 Å². The minimum absolute atomic E-state index is 0.0464. The number of alkyl halides is 1. The van der Waals surface area contributed by atoms with Crippen LogP contribution in [-0.4, -0.2) is 23.4 Å². The lowest BCUT2D eigenvalue weighted by atomic mass is 10.1. The van der Waals surface area contributed by atoms with Crippen LogP contribution in [0.15, 0.2) is 18.2 Å². The third-order valence-electron chi connectivity index (χ3n) is 2.95.